The zero-order valence-corrected chi connectivity index (χ0v) is 9.21. The Kier molecular flexibility index (Phi) is 3.17. The number of carbonyl (C=O) groups is 1. The van der Waals surface area contributed by atoms with Crippen LogP contribution in [0.4, 0.5) is 0 Å². The zero-order chi connectivity index (χ0) is 10.8. The summed E-state index contributed by atoms with van der Waals surface area (Å²) in [6.07, 6.45) is 1.42. The lowest BCUT2D eigenvalue weighted by molar-refractivity contribution is 0.0370. The van der Waals surface area contributed by atoms with Gasteiger partial charge in [0.2, 0.25) is 0 Å². The average molecular weight is 215 g/mol. The molecule has 0 fully saturated rings. The predicted octanol–water partition coefficient (Wildman–Crippen LogP) is 0.381. The molecule has 1 aromatic rings. The van der Waals surface area contributed by atoms with Crippen LogP contribution in [0.3, 0.4) is 0 Å². The Bertz CT molecular complexity index is 305. The topological polar surface area (TPSA) is 66.3 Å². The van der Waals surface area contributed by atoms with Gasteiger partial charge >= 0.3 is 0 Å². The molecule has 1 aromatic heterocycles. The highest BCUT2D eigenvalue weighted by atomic mass is 32.1. The summed E-state index contributed by atoms with van der Waals surface area (Å²) in [5.41, 5.74) is -0.886. The summed E-state index contributed by atoms with van der Waals surface area (Å²) in [4.78, 5) is 13.6. The molecule has 1 amide bonds. The minimum atomic E-state index is -0.886. The maximum atomic E-state index is 11.6. The maximum absolute atomic E-state index is 11.6. The van der Waals surface area contributed by atoms with Crippen molar-refractivity contribution in [1.29, 1.82) is 0 Å². The lowest BCUT2D eigenvalue weighted by atomic mass is 10.1. The highest BCUT2D eigenvalue weighted by Gasteiger charge is 2.21. The van der Waals surface area contributed by atoms with Crippen molar-refractivity contribution in [2.45, 2.75) is 19.4 Å². The standard InChI is InChI=1S/C8H13N3O2S/c1-8(2,13)5-11(3)7(12)6-4-9-10-14-6/h4,13H,5H2,1-3H3. The van der Waals surface area contributed by atoms with E-state index in [9.17, 15) is 9.90 Å². The third-order valence-corrected chi connectivity index (χ3v) is 2.20. The van der Waals surface area contributed by atoms with Gasteiger partial charge in [0.1, 0.15) is 4.88 Å². The van der Waals surface area contributed by atoms with Gasteiger partial charge in [-0.15, -0.1) is 5.10 Å². The van der Waals surface area contributed by atoms with Gasteiger partial charge in [-0.05, 0) is 25.4 Å². The third-order valence-electron chi connectivity index (χ3n) is 1.54. The van der Waals surface area contributed by atoms with Crippen LogP contribution in [0.5, 0.6) is 0 Å². The lowest BCUT2D eigenvalue weighted by Gasteiger charge is -2.24. The summed E-state index contributed by atoms with van der Waals surface area (Å²) in [5, 5.41) is 13.1. The summed E-state index contributed by atoms with van der Waals surface area (Å²) >= 11 is 1.05. The van der Waals surface area contributed by atoms with E-state index in [1.165, 1.54) is 11.1 Å². The second-order valence-corrected chi connectivity index (χ2v) is 4.54. The second kappa shape index (κ2) is 4.02. The molecule has 0 aliphatic heterocycles. The van der Waals surface area contributed by atoms with Gasteiger partial charge in [0.25, 0.3) is 5.91 Å². The van der Waals surface area contributed by atoms with Crippen molar-refractivity contribution in [2.24, 2.45) is 0 Å². The molecule has 0 aliphatic rings. The van der Waals surface area contributed by atoms with Crippen LogP contribution >= 0.6 is 11.5 Å². The van der Waals surface area contributed by atoms with E-state index in [1.807, 2.05) is 0 Å². The summed E-state index contributed by atoms with van der Waals surface area (Å²) in [7, 11) is 1.64. The SMILES string of the molecule is CN(CC(C)(C)O)C(=O)c1cnns1. The van der Waals surface area contributed by atoms with Crippen molar-refractivity contribution < 1.29 is 9.90 Å². The van der Waals surface area contributed by atoms with Gasteiger partial charge in [-0.1, -0.05) is 4.49 Å². The molecular weight excluding hydrogens is 202 g/mol. The average Bonchev–Trinajstić information content (AvgIpc) is 2.51. The Morgan fingerprint density at radius 3 is 2.79 bits per heavy atom. The van der Waals surface area contributed by atoms with Crippen molar-refractivity contribution in [3.05, 3.63) is 11.1 Å². The van der Waals surface area contributed by atoms with Crippen LogP contribution in [-0.2, 0) is 0 Å². The van der Waals surface area contributed by atoms with E-state index in [-0.39, 0.29) is 12.5 Å². The van der Waals surface area contributed by atoms with Gasteiger partial charge in [-0.25, -0.2) is 0 Å². The molecule has 0 radical (unpaired) electrons. The highest BCUT2D eigenvalue weighted by Crippen LogP contribution is 2.09. The van der Waals surface area contributed by atoms with Crippen LogP contribution in [0.25, 0.3) is 0 Å². The smallest absolute Gasteiger partial charge is 0.267 e. The first kappa shape index (κ1) is 11.1. The van der Waals surface area contributed by atoms with Gasteiger partial charge in [0.15, 0.2) is 0 Å². The van der Waals surface area contributed by atoms with Crippen LogP contribution < -0.4 is 0 Å². The monoisotopic (exact) mass is 215 g/mol. The number of likely N-dealkylation sites (N-methyl/N-ethyl adjacent to an activating group) is 1. The lowest BCUT2D eigenvalue weighted by Crippen LogP contribution is -2.39. The summed E-state index contributed by atoms with van der Waals surface area (Å²) in [6.45, 7) is 3.59. The Hall–Kier alpha value is -1.01. The quantitative estimate of drug-likeness (QED) is 0.791. The van der Waals surface area contributed by atoms with E-state index in [4.69, 9.17) is 0 Å². The van der Waals surface area contributed by atoms with Crippen molar-refractivity contribution in [3.8, 4) is 0 Å². The van der Waals surface area contributed by atoms with Crippen LogP contribution in [-0.4, -0.2) is 44.7 Å². The normalized spacial score (nSPS) is 11.4. The first-order valence-corrected chi connectivity index (χ1v) is 4.93. The molecular formula is C8H13N3O2S. The van der Waals surface area contributed by atoms with Crippen LogP contribution in [0.2, 0.25) is 0 Å². The van der Waals surface area contributed by atoms with Crippen molar-refractivity contribution in [3.63, 3.8) is 0 Å². The number of hydrogen-bond acceptors (Lipinski definition) is 5. The van der Waals surface area contributed by atoms with Crippen molar-refractivity contribution >= 4 is 17.4 Å². The first-order valence-electron chi connectivity index (χ1n) is 4.15. The van der Waals surface area contributed by atoms with Gasteiger partial charge < -0.3 is 10.0 Å². The highest BCUT2D eigenvalue weighted by molar-refractivity contribution is 7.07. The number of hydrogen-bond donors (Lipinski definition) is 1. The van der Waals surface area contributed by atoms with Crippen molar-refractivity contribution in [2.75, 3.05) is 13.6 Å². The Labute approximate surface area is 86.5 Å². The minimum absolute atomic E-state index is 0.165. The fraction of sp³-hybridized carbons (Fsp3) is 0.625. The van der Waals surface area contributed by atoms with E-state index in [0.29, 0.717) is 4.88 Å². The van der Waals surface area contributed by atoms with E-state index >= 15 is 0 Å². The van der Waals surface area contributed by atoms with Crippen LogP contribution in [0.1, 0.15) is 23.5 Å². The zero-order valence-electron chi connectivity index (χ0n) is 8.39. The molecule has 0 atom stereocenters. The maximum Gasteiger partial charge on any atom is 0.267 e. The number of aliphatic hydroxyl groups is 1. The van der Waals surface area contributed by atoms with E-state index in [1.54, 1.807) is 20.9 Å². The molecule has 0 spiro atoms. The minimum Gasteiger partial charge on any atom is -0.389 e. The summed E-state index contributed by atoms with van der Waals surface area (Å²) < 4.78 is 3.60. The molecule has 0 aliphatic carbocycles. The number of aromatic nitrogens is 2. The molecule has 5 nitrogen and oxygen atoms in total. The molecule has 0 unspecified atom stereocenters. The molecule has 14 heavy (non-hydrogen) atoms. The third kappa shape index (κ3) is 3.04. The van der Waals surface area contributed by atoms with E-state index < -0.39 is 5.60 Å². The molecule has 6 heteroatoms. The van der Waals surface area contributed by atoms with Crippen LogP contribution in [0, 0.1) is 0 Å². The number of amides is 1. The molecule has 1 N–H and O–H groups in total. The predicted molar refractivity (Wildman–Crippen MR) is 53.2 cm³/mol. The molecule has 0 saturated heterocycles. The Balaban J connectivity index is 2.63. The fourth-order valence-electron chi connectivity index (χ4n) is 1.10. The Morgan fingerprint density at radius 2 is 2.36 bits per heavy atom. The summed E-state index contributed by atoms with van der Waals surface area (Å²) in [5.74, 6) is -0.165. The fourth-order valence-corrected chi connectivity index (χ4v) is 1.61. The van der Waals surface area contributed by atoms with Crippen LogP contribution in [0.15, 0.2) is 6.20 Å². The van der Waals surface area contributed by atoms with Gasteiger partial charge in [0.05, 0.1) is 11.8 Å². The molecule has 78 valence electrons. The molecule has 1 heterocycles. The summed E-state index contributed by atoms with van der Waals surface area (Å²) in [6, 6.07) is 0. The second-order valence-electron chi connectivity index (χ2n) is 3.76. The first-order chi connectivity index (χ1) is 6.40. The Morgan fingerprint density at radius 1 is 1.71 bits per heavy atom. The van der Waals surface area contributed by atoms with Crippen molar-refractivity contribution in [1.82, 2.24) is 14.5 Å². The van der Waals surface area contributed by atoms with E-state index in [0.717, 1.165) is 11.5 Å². The largest absolute Gasteiger partial charge is 0.389 e. The molecule has 1 rings (SSSR count). The number of nitrogens with zero attached hydrogens (tertiary/aromatic N) is 3. The molecule has 0 aromatic carbocycles. The van der Waals surface area contributed by atoms with Gasteiger partial charge in [-0.3, -0.25) is 4.79 Å². The molecule has 0 saturated carbocycles. The number of rotatable bonds is 3. The van der Waals surface area contributed by atoms with Gasteiger partial charge in [0, 0.05) is 13.6 Å². The molecule has 0 bridgehead atoms. The van der Waals surface area contributed by atoms with E-state index in [2.05, 4.69) is 9.59 Å². The number of carbonyl (C=O) groups excluding carboxylic acids is 1. The van der Waals surface area contributed by atoms with Gasteiger partial charge in [-0.2, -0.15) is 0 Å².